The van der Waals surface area contributed by atoms with Crippen LogP contribution in [0.2, 0.25) is 0 Å². The SMILES string of the molecule is CCn1c(C2=CCC(=NCCN)CC2)c(C#N)c2ccc(OCCCCl)cc21. The molecule has 1 aliphatic rings. The van der Waals surface area contributed by atoms with Gasteiger partial charge in [0.1, 0.15) is 11.8 Å². The molecule has 0 unspecified atom stereocenters. The highest BCUT2D eigenvalue weighted by Gasteiger charge is 2.22. The Balaban J connectivity index is 2.00. The zero-order valence-electron chi connectivity index (χ0n) is 16.4. The highest BCUT2D eigenvalue weighted by molar-refractivity contribution is 6.17. The van der Waals surface area contributed by atoms with Gasteiger partial charge < -0.3 is 15.0 Å². The molecule has 1 aliphatic carbocycles. The first-order valence-electron chi connectivity index (χ1n) is 9.90. The Morgan fingerprint density at radius 2 is 2.21 bits per heavy atom. The number of aliphatic imine (C=N–C) groups is 1. The first kappa shape index (κ1) is 20.4. The predicted molar refractivity (Wildman–Crippen MR) is 116 cm³/mol. The molecular formula is C22H27ClN4O. The van der Waals surface area contributed by atoms with Gasteiger partial charge in [0.25, 0.3) is 0 Å². The van der Waals surface area contributed by atoms with Gasteiger partial charge in [-0.1, -0.05) is 6.08 Å². The third kappa shape index (κ3) is 4.24. The Bertz CT molecular complexity index is 936. The van der Waals surface area contributed by atoms with Crippen LogP contribution < -0.4 is 10.5 Å². The van der Waals surface area contributed by atoms with Crippen LogP contribution in [0.25, 0.3) is 16.5 Å². The van der Waals surface area contributed by atoms with Gasteiger partial charge >= 0.3 is 0 Å². The van der Waals surface area contributed by atoms with E-state index in [1.165, 1.54) is 11.3 Å². The molecule has 5 nitrogen and oxygen atoms in total. The average molecular weight is 399 g/mol. The van der Waals surface area contributed by atoms with Crippen molar-refractivity contribution in [2.75, 3.05) is 25.6 Å². The van der Waals surface area contributed by atoms with Crippen molar-refractivity contribution in [3.63, 3.8) is 0 Å². The van der Waals surface area contributed by atoms with Crippen molar-refractivity contribution < 1.29 is 4.74 Å². The maximum atomic E-state index is 9.89. The van der Waals surface area contributed by atoms with Crippen LogP contribution in [0.15, 0.2) is 29.3 Å². The second-order valence-electron chi connectivity index (χ2n) is 6.82. The molecule has 1 aromatic heterocycles. The lowest BCUT2D eigenvalue weighted by Crippen LogP contribution is -2.11. The maximum absolute atomic E-state index is 9.89. The van der Waals surface area contributed by atoms with E-state index < -0.39 is 0 Å². The van der Waals surface area contributed by atoms with Gasteiger partial charge in [-0.25, -0.2) is 0 Å². The van der Waals surface area contributed by atoms with Gasteiger partial charge in [0.2, 0.25) is 0 Å². The normalized spacial score (nSPS) is 15.6. The standard InChI is InChI=1S/C22H27ClN4O/c1-2-27-21-14-18(28-13-3-10-23)8-9-19(21)20(15-25)22(27)16-4-6-17(7-5-16)26-12-11-24/h4,8-9,14H,2-3,5-7,10-13,24H2,1H3. The summed E-state index contributed by atoms with van der Waals surface area (Å²) < 4.78 is 8.04. The molecule has 148 valence electrons. The van der Waals surface area contributed by atoms with Crippen LogP contribution in [0.5, 0.6) is 5.75 Å². The quantitative estimate of drug-likeness (QED) is 0.525. The van der Waals surface area contributed by atoms with Crippen molar-refractivity contribution in [1.29, 1.82) is 5.26 Å². The molecule has 1 heterocycles. The lowest BCUT2D eigenvalue weighted by molar-refractivity contribution is 0.318. The van der Waals surface area contributed by atoms with Crippen LogP contribution >= 0.6 is 11.6 Å². The fourth-order valence-electron chi connectivity index (χ4n) is 3.74. The summed E-state index contributed by atoms with van der Waals surface area (Å²) in [6.07, 6.45) is 5.68. The van der Waals surface area contributed by atoms with Crippen molar-refractivity contribution in [2.24, 2.45) is 10.7 Å². The molecule has 0 atom stereocenters. The minimum absolute atomic E-state index is 0.581. The molecule has 0 radical (unpaired) electrons. The summed E-state index contributed by atoms with van der Waals surface area (Å²) in [6, 6.07) is 8.41. The van der Waals surface area contributed by atoms with Gasteiger partial charge in [-0.3, -0.25) is 4.99 Å². The van der Waals surface area contributed by atoms with Gasteiger partial charge in [0, 0.05) is 42.6 Å². The monoisotopic (exact) mass is 398 g/mol. The maximum Gasteiger partial charge on any atom is 0.121 e. The van der Waals surface area contributed by atoms with E-state index in [9.17, 15) is 5.26 Å². The van der Waals surface area contributed by atoms with Crippen molar-refractivity contribution in [3.05, 3.63) is 35.5 Å². The second kappa shape index (κ2) is 9.77. The number of nitrogens with two attached hydrogens (primary N) is 1. The zero-order chi connectivity index (χ0) is 19.9. The molecular weight excluding hydrogens is 372 g/mol. The van der Waals surface area contributed by atoms with Crippen molar-refractivity contribution in [3.8, 4) is 11.8 Å². The summed E-state index contributed by atoms with van der Waals surface area (Å²) in [5.74, 6) is 1.40. The van der Waals surface area contributed by atoms with Crippen molar-refractivity contribution >= 4 is 33.8 Å². The van der Waals surface area contributed by atoms with Crippen LogP contribution in [0, 0.1) is 11.3 Å². The number of hydrogen-bond acceptors (Lipinski definition) is 4. The molecule has 0 bridgehead atoms. The Hall–Kier alpha value is -2.29. The number of alkyl halides is 1. The summed E-state index contributed by atoms with van der Waals surface area (Å²) in [4.78, 5) is 4.55. The Labute approximate surface area is 171 Å². The number of fused-ring (bicyclic) bond motifs is 1. The summed E-state index contributed by atoms with van der Waals surface area (Å²) in [6.45, 7) is 4.77. The topological polar surface area (TPSA) is 76.3 Å². The summed E-state index contributed by atoms with van der Waals surface area (Å²) in [7, 11) is 0. The van der Waals surface area contributed by atoms with Gasteiger partial charge in [-0.2, -0.15) is 5.26 Å². The molecule has 2 N–H and O–H groups in total. The van der Waals surface area contributed by atoms with Crippen LogP contribution in [0.3, 0.4) is 0 Å². The van der Waals surface area contributed by atoms with Crippen LogP contribution in [-0.4, -0.2) is 35.9 Å². The van der Waals surface area contributed by atoms with E-state index in [2.05, 4.69) is 28.6 Å². The molecule has 0 amide bonds. The summed E-state index contributed by atoms with van der Waals surface area (Å²) in [5, 5.41) is 10.9. The van der Waals surface area contributed by atoms with E-state index in [0.29, 0.717) is 25.6 Å². The number of benzene rings is 1. The first-order valence-corrected chi connectivity index (χ1v) is 10.4. The number of halogens is 1. The molecule has 0 aliphatic heterocycles. The highest BCUT2D eigenvalue weighted by atomic mass is 35.5. The van der Waals surface area contributed by atoms with Gasteiger partial charge in [-0.05, 0) is 43.9 Å². The van der Waals surface area contributed by atoms with Crippen molar-refractivity contribution in [1.82, 2.24) is 4.57 Å². The third-order valence-corrected chi connectivity index (χ3v) is 5.31. The lowest BCUT2D eigenvalue weighted by Gasteiger charge is -2.17. The lowest BCUT2D eigenvalue weighted by atomic mass is 9.93. The van der Waals surface area contributed by atoms with E-state index in [4.69, 9.17) is 22.1 Å². The molecule has 0 saturated heterocycles. The van der Waals surface area contributed by atoms with E-state index >= 15 is 0 Å². The van der Waals surface area contributed by atoms with E-state index in [0.717, 1.165) is 60.1 Å². The zero-order valence-corrected chi connectivity index (χ0v) is 17.1. The molecule has 2 aromatic rings. The average Bonchev–Trinajstić information content (AvgIpc) is 3.05. The van der Waals surface area contributed by atoms with E-state index in [1.807, 2.05) is 18.2 Å². The number of aryl methyl sites for hydroxylation is 1. The van der Waals surface area contributed by atoms with Crippen molar-refractivity contribution in [2.45, 2.75) is 39.2 Å². The number of rotatable bonds is 8. The van der Waals surface area contributed by atoms with Crippen LogP contribution in [0.1, 0.15) is 43.9 Å². The van der Waals surface area contributed by atoms with Gasteiger partial charge in [0.05, 0.1) is 29.9 Å². The minimum atomic E-state index is 0.581. The molecule has 0 fully saturated rings. The van der Waals surface area contributed by atoms with E-state index in [-0.39, 0.29) is 0 Å². The van der Waals surface area contributed by atoms with Crippen LogP contribution in [0.4, 0.5) is 0 Å². The highest BCUT2D eigenvalue weighted by Crippen LogP contribution is 2.36. The fourth-order valence-corrected chi connectivity index (χ4v) is 3.85. The molecule has 0 spiro atoms. The molecule has 0 saturated carbocycles. The van der Waals surface area contributed by atoms with Gasteiger partial charge in [0.15, 0.2) is 0 Å². The van der Waals surface area contributed by atoms with Gasteiger partial charge in [-0.15, -0.1) is 11.6 Å². The number of allylic oxidation sites excluding steroid dienone is 2. The Kier molecular flexibility index (Phi) is 7.13. The predicted octanol–water partition coefficient (Wildman–Crippen LogP) is 4.51. The largest absolute Gasteiger partial charge is 0.493 e. The number of ether oxygens (including phenoxy) is 1. The molecule has 28 heavy (non-hydrogen) atoms. The second-order valence-corrected chi connectivity index (χ2v) is 7.20. The van der Waals surface area contributed by atoms with Crippen LogP contribution in [-0.2, 0) is 6.54 Å². The Morgan fingerprint density at radius 1 is 1.36 bits per heavy atom. The number of nitriles is 1. The number of hydrogen-bond donors (Lipinski definition) is 1. The third-order valence-electron chi connectivity index (χ3n) is 5.05. The molecule has 6 heteroatoms. The van der Waals surface area contributed by atoms with E-state index in [1.54, 1.807) is 0 Å². The number of aromatic nitrogens is 1. The fraction of sp³-hybridized carbons (Fsp3) is 0.455. The minimum Gasteiger partial charge on any atom is -0.493 e. The summed E-state index contributed by atoms with van der Waals surface area (Å²) >= 11 is 5.74. The Morgan fingerprint density at radius 3 is 2.86 bits per heavy atom. The molecule has 1 aromatic carbocycles. The molecule has 3 rings (SSSR count). The smallest absolute Gasteiger partial charge is 0.121 e. The first-order chi connectivity index (χ1) is 13.7. The summed E-state index contributed by atoms with van der Waals surface area (Å²) in [5.41, 5.74) is 10.8. The number of nitrogens with zero attached hydrogens (tertiary/aromatic N) is 3.